The van der Waals surface area contributed by atoms with Gasteiger partial charge in [0.05, 0.1) is 34.5 Å². The Hall–Kier alpha value is -4.07. The zero-order valence-corrected chi connectivity index (χ0v) is 29.1. The number of nitrogens with one attached hydrogen (secondary N) is 1. The molecule has 0 unspecified atom stereocenters. The first-order valence-corrected chi connectivity index (χ1v) is 20.0. The summed E-state index contributed by atoms with van der Waals surface area (Å²) in [5.74, 6) is 0.425. The highest BCUT2D eigenvalue weighted by atomic mass is 28.3. The van der Waals surface area contributed by atoms with E-state index in [-0.39, 0.29) is 29.1 Å². The molecule has 252 valence electrons. The van der Waals surface area contributed by atoms with Crippen molar-refractivity contribution in [3.8, 4) is 11.6 Å². The topological polar surface area (TPSA) is 109 Å². The van der Waals surface area contributed by atoms with E-state index < -0.39 is 13.0 Å². The van der Waals surface area contributed by atoms with Crippen molar-refractivity contribution in [3.63, 3.8) is 0 Å². The molecule has 2 aliphatic rings. The molecule has 11 nitrogen and oxygen atoms in total. The Kier molecular flexibility index (Phi) is 11.1. The van der Waals surface area contributed by atoms with E-state index >= 15 is 4.39 Å². The third kappa shape index (κ3) is 9.27. The summed E-state index contributed by atoms with van der Waals surface area (Å²) in [4.78, 5) is 27.2. The molecule has 2 aromatic carbocycles. The van der Waals surface area contributed by atoms with Crippen LogP contribution in [-0.4, -0.2) is 92.3 Å². The number of aromatic nitrogens is 2. The van der Waals surface area contributed by atoms with Crippen molar-refractivity contribution in [2.45, 2.75) is 45.5 Å². The Morgan fingerprint density at radius 2 is 1.81 bits per heavy atom. The second-order valence-corrected chi connectivity index (χ2v) is 19.0. The van der Waals surface area contributed by atoms with E-state index in [1.807, 2.05) is 13.0 Å². The number of rotatable bonds is 13. The van der Waals surface area contributed by atoms with Crippen LogP contribution >= 0.6 is 0 Å². The molecule has 1 N–H and O–H groups in total. The molecule has 0 saturated carbocycles. The van der Waals surface area contributed by atoms with E-state index in [4.69, 9.17) is 19.4 Å². The van der Waals surface area contributed by atoms with Crippen molar-refractivity contribution in [2.75, 3.05) is 69.7 Å². The van der Waals surface area contributed by atoms with E-state index in [2.05, 4.69) is 52.8 Å². The molecule has 3 heterocycles. The van der Waals surface area contributed by atoms with Gasteiger partial charge in [-0.15, -0.1) is 0 Å². The molecule has 0 radical (unpaired) electrons. The number of halogens is 1. The van der Waals surface area contributed by atoms with Crippen molar-refractivity contribution >= 4 is 36.8 Å². The summed E-state index contributed by atoms with van der Waals surface area (Å²) >= 11 is 0. The van der Waals surface area contributed by atoms with E-state index in [0.717, 1.165) is 63.9 Å². The first-order chi connectivity index (χ1) is 22.5. The van der Waals surface area contributed by atoms with E-state index in [9.17, 15) is 10.1 Å². The number of ether oxygens (including phenoxy) is 2. The third-order valence-electron chi connectivity index (χ3n) is 8.44. The summed E-state index contributed by atoms with van der Waals surface area (Å²) in [5.41, 5.74) is 3.22. The predicted molar refractivity (Wildman–Crippen MR) is 187 cm³/mol. The second-order valence-electron chi connectivity index (χ2n) is 13.4. The van der Waals surface area contributed by atoms with Crippen LogP contribution in [-0.2, 0) is 4.74 Å². The normalized spacial score (nSPS) is 16.1. The highest BCUT2D eigenvalue weighted by molar-refractivity contribution is 6.76. The second kappa shape index (κ2) is 15.2. The molecule has 5 rings (SSSR count). The van der Waals surface area contributed by atoms with E-state index in [0.29, 0.717) is 35.8 Å². The van der Waals surface area contributed by atoms with Gasteiger partial charge in [-0.25, -0.2) is 9.37 Å². The van der Waals surface area contributed by atoms with Crippen LogP contribution in [0.4, 0.5) is 27.4 Å². The van der Waals surface area contributed by atoms with Gasteiger partial charge in [0, 0.05) is 71.4 Å². The molecule has 2 saturated heterocycles. The van der Waals surface area contributed by atoms with Gasteiger partial charge in [0.2, 0.25) is 11.8 Å². The Morgan fingerprint density at radius 3 is 2.49 bits per heavy atom. The van der Waals surface area contributed by atoms with Gasteiger partial charge in [0.25, 0.3) is 5.69 Å². The Balaban J connectivity index is 1.48. The monoisotopic (exact) mass is 663 g/mol. The van der Waals surface area contributed by atoms with Gasteiger partial charge in [0.15, 0.2) is 0 Å². The standard InChI is InChI=1S/C34H46FN7O4Si/c1-25-32(31(40-14-6-7-15-40)13-20-45-21-22-47(3,4)5)33(46-28-10-8-9-27(24-28)42(43)44)38-34(36-25)37-26-11-12-30(29(35)23-26)41-18-16-39(2)17-19-41/h8-13,23-24H,6-7,14-22H2,1-5H3,(H,36,37,38)/b31-13+. The number of piperazine rings is 1. The molecular weight excluding hydrogens is 618 g/mol. The number of hydrogen-bond donors (Lipinski definition) is 1. The lowest BCUT2D eigenvalue weighted by molar-refractivity contribution is -0.384. The Bertz CT molecular complexity index is 1590. The average Bonchev–Trinajstić information content (AvgIpc) is 3.55. The molecular formula is C34H46FN7O4Si. The molecule has 0 aliphatic carbocycles. The number of benzene rings is 2. The van der Waals surface area contributed by atoms with Crippen LogP contribution in [0.3, 0.4) is 0 Å². The summed E-state index contributed by atoms with van der Waals surface area (Å²) in [5, 5.41) is 14.7. The highest BCUT2D eigenvalue weighted by Crippen LogP contribution is 2.36. The Morgan fingerprint density at radius 1 is 1.06 bits per heavy atom. The average molecular weight is 664 g/mol. The van der Waals surface area contributed by atoms with Gasteiger partial charge in [-0.3, -0.25) is 10.1 Å². The minimum Gasteiger partial charge on any atom is -0.438 e. The zero-order chi connectivity index (χ0) is 33.6. The number of likely N-dealkylation sites (N-methyl/N-ethyl adjacent to an activating group) is 1. The van der Waals surface area contributed by atoms with Gasteiger partial charge in [-0.2, -0.15) is 4.98 Å². The minimum atomic E-state index is -1.23. The number of aryl methyl sites for hydroxylation is 1. The van der Waals surface area contributed by atoms with E-state index in [1.54, 1.807) is 18.2 Å². The van der Waals surface area contributed by atoms with Crippen molar-refractivity contribution in [1.82, 2.24) is 19.8 Å². The van der Waals surface area contributed by atoms with Crippen molar-refractivity contribution in [3.05, 3.63) is 75.7 Å². The first-order valence-electron chi connectivity index (χ1n) is 16.3. The number of anilines is 3. The van der Waals surface area contributed by atoms with Crippen LogP contribution in [0.2, 0.25) is 25.7 Å². The quantitative estimate of drug-likeness (QED) is 0.0897. The lowest BCUT2D eigenvalue weighted by atomic mass is 10.1. The van der Waals surface area contributed by atoms with Gasteiger partial charge < -0.3 is 29.5 Å². The summed E-state index contributed by atoms with van der Waals surface area (Å²) < 4.78 is 27.7. The summed E-state index contributed by atoms with van der Waals surface area (Å²) in [6.45, 7) is 15.0. The number of nitrogens with zero attached hydrogens (tertiary/aromatic N) is 6. The smallest absolute Gasteiger partial charge is 0.273 e. The number of hydrogen-bond acceptors (Lipinski definition) is 10. The fraction of sp³-hybridized carbons (Fsp3) is 0.471. The molecule has 47 heavy (non-hydrogen) atoms. The number of non-ortho nitro benzene ring substituents is 1. The lowest BCUT2D eigenvalue weighted by Gasteiger charge is -2.34. The minimum absolute atomic E-state index is 0.0878. The molecule has 3 aromatic rings. The molecule has 0 bridgehead atoms. The lowest BCUT2D eigenvalue weighted by Crippen LogP contribution is -2.44. The van der Waals surface area contributed by atoms with Crippen LogP contribution < -0.4 is 15.0 Å². The zero-order valence-electron chi connectivity index (χ0n) is 28.1. The van der Waals surface area contributed by atoms with E-state index in [1.165, 1.54) is 18.2 Å². The highest BCUT2D eigenvalue weighted by Gasteiger charge is 2.25. The molecule has 0 spiro atoms. The van der Waals surface area contributed by atoms with Gasteiger partial charge in [-0.1, -0.05) is 25.7 Å². The van der Waals surface area contributed by atoms with Gasteiger partial charge >= 0.3 is 0 Å². The van der Waals surface area contributed by atoms with Crippen LogP contribution in [0.5, 0.6) is 11.6 Å². The Labute approximate surface area is 277 Å². The molecule has 1 aromatic heterocycles. The van der Waals surface area contributed by atoms with Crippen LogP contribution in [0, 0.1) is 22.9 Å². The first kappa shape index (κ1) is 34.3. The molecule has 0 atom stereocenters. The van der Waals surface area contributed by atoms with Crippen LogP contribution in [0.25, 0.3) is 5.70 Å². The molecule has 2 aliphatic heterocycles. The fourth-order valence-electron chi connectivity index (χ4n) is 5.71. The number of nitro groups is 1. The summed E-state index contributed by atoms with van der Waals surface area (Å²) in [6.07, 6.45) is 4.18. The third-order valence-corrected chi connectivity index (χ3v) is 10.1. The maximum Gasteiger partial charge on any atom is 0.273 e. The van der Waals surface area contributed by atoms with Crippen molar-refractivity contribution in [2.24, 2.45) is 0 Å². The van der Waals surface area contributed by atoms with Crippen LogP contribution in [0.1, 0.15) is 24.1 Å². The largest absolute Gasteiger partial charge is 0.438 e. The molecule has 0 amide bonds. The SMILES string of the molecule is Cc1nc(Nc2ccc(N3CCN(C)CC3)c(F)c2)nc(Oc2cccc([N+](=O)[O-])c2)c1/C(=C\COCC[Si](C)(C)C)N1CCCC1. The van der Waals surface area contributed by atoms with Crippen molar-refractivity contribution < 1.29 is 18.8 Å². The van der Waals surface area contributed by atoms with Crippen molar-refractivity contribution in [1.29, 1.82) is 0 Å². The predicted octanol–water partition coefficient (Wildman–Crippen LogP) is 6.91. The number of likely N-dealkylation sites (tertiary alicyclic amines) is 1. The van der Waals surface area contributed by atoms with Gasteiger partial charge in [0.1, 0.15) is 11.6 Å². The fourth-order valence-corrected chi connectivity index (χ4v) is 6.46. The summed E-state index contributed by atoms with van der Waals surface area (Å²) in [7, 11) is 0.834. The van der Waals surface area contributed by atoms with Crippen LogP contribution in [0.15, 0.2) is 48.5 Å². The summed E-state index contributed by atoms with van der Waals surface area (Å²) in [6, 6.07) is 12.1. The maximum atomic E-state index is 15.3. The number of nitro benzene ring substituents is 1. The van der Waals surface area contributed by atoms with Gasteiger partial charge in [-0.05, 0) is 63.2 Å². The molecule has 13 heteroatoms. The molecule has 2 fully saturated rings. The maximum absolute atomic E-state index is 15.3.